The van der Waals surface area contributed by atoms with Crippen LogP contribution < -0.4 is 0 Å². The zero-order chi connectivity index (χ0) is 25.5. The summed E-state index contributed by atoms with van der Waals surface area (Å²) in [4.78, 5) is 28.2. The van der Waals surface area contributed by atoms with Crippen molar-refractivity contribution in [3.63, 3.8) is 0 Å². The quantitative estimate of drug-likeness (QED) is 0.219. The maximum Gasteiger partial charge on any atom is 0.293 e. The number of carbonyl (C=O) groups is 2. The summed E-state index contributed by atoms with van der Waals surface area (Å²) in [5.74, 6) is -0.259. The Labute approximate surface area is 224 Å². The summed E-state index contributed by atoms with van der Waals surface area (Å²) in [6.45, 7) is 2.90. The molecule has 2 amide bonds. The first-order chi connectivity index (χ1) is 18.0. The van der Waals surface area contributed by atoms with Crippen LogP contribution in [-0.2, 0) is 17.9 Å². The second-order valence-electron chi connectivity index (χ2n) is 9.10. The van der Waals surface area contributed by atoms with E-state index in [1.54, 1.807) is 0 Å². The Bertz CT molecular complexity index is 1730. The first kappa shape index (κ1) is 23.6. The lowest BCUT2D eigenvalue weighted by Gasteiger charge is -2.14. The SMILES string of the molecule is Cc1c(/C=C2/SC(=O)N(Cc3cccc4ccccc34)C2=O)c2ccccc2n1Cc1ccccc1Cl. The van der Waals surface area contributed by atoms with E-state index in [0.717, 1.165) is 60.8 Å². The molecule has 0 N–H and O–H groups in total. The van der Waals surface area contributed by atoms with Gasteiger partial charge >= 0.3 is 0 Å². The van der Waals surface area contributed by atoms with Gasteiger partial charge in [-0.25, -0.2) is 0 Å². The Hall–Kier alpha value is -3.80. The molecule has 0 bridgehead atoms. The molecule has 1 aromatic heterocycles. The monoisotopic (exact) mass is 522 g/mol. The normalized spacial score (nSPS) is 15.0. The van der Waals surface area contributed by atoms with Crippen LogP contribution in [0, 0.1) is 6.92 Å². The van der Waals surface area contributed by atoms with Crippen molar-refractivity contribution in [2.75, 3.05) is 0 Å². The summed E-state index contributed by atoms with van der Waals surface area (Å²) in [6, 6.07) is 29.9. The molecule has 5 aromatic rings. The average molecular weight is 523 g/mol. The number of imide groups is 1. The molecule has 182 valence electrons. The number of rotatable bonds is 5. The highest BCUT2D eigenvalue weighted by Crippen LogP contribution is 2.37. The van der Waals surface area contributed by atoms with Crippen molar-refractivity contribution >= 4 is 62.3 Å². The van der Waals surface area contributed by atoms with E-state index in [4.69, 9.17) is 11.6 Å². The molecule has 0 unspecified atom stereocenters. The summed E-state index contributed by atoms with van der Waals surface area (Å²) < 4.78 is 2.21. The second kappa shape index (κ2) is 9.58. The summed E-state index contributed by atoms with van der Waals surface area (Å²) in [7, 11) is 0. The van der Waals surface area contributed by atoms with E-state index in [0.29, 0.717) is 11.4 Å². The predicted octanol–water partition coefficient (Wildman–Crippen LogP) is 8.04. The minimum Gasteiger partial charge on any atom is -0.340 e. The van der Waals surface area contributed by atoms with Crippen LogP contribution in [0.1, 0.15) is 22.4 Å². The van der Waals surface area contributed by atoms with E-state index in [-0.39, 0.29) is 17.7 Å². The third-order valence-corrected chi connectivity index (χ3v) is 8.20. The van der Waals surface area contributed by atoms with E-state index in [2.05, 4.69) is 16.7 Å². The van der Waals surface area contributed by atoms with E-state index in [9.17, 15) is 9.59 Å². The van der Waals surface area contributed by atoms with E-state index >= 15 is 0 Å². The molecule has 6 heteroatoms. The second-order valence-corrected chi connectivity index (χ2v) is 10.5. The smallest absolute Gasteiger partial charge is 0.293 e. The largest absolute Gasteiger partial charge is 0.340 e. The van der Waals surface area contributed by atoms with E-state index < -0.39 is 0 Å². The molecule has 0 radical (unpaired) electrons. The third kappa shape index (κ3) is 4.24. The number of nitrogens with zero attached hydrogens (tertiary/aromatic N) is 2. The molecule has 0 aliphatic carbocycles. The highest BCUT2D eigenvalue weighted by Gasteiger charge is 2.35. The topological polar surface area (TPSA) is 42.3 Å². The molecule has 4 aromatic carbocycles. The van der Waals surface area contributed by atoms with Crippen LogP contribution in [-0.4, -0.2) is 20.6 Å². The van der Waals surface area contributed by atoms with Crippen molar-refractivity contribution in [2.24, 2.45) is 0 Å². The molecule has 1 fully saturated rings. The van der Waals surface area contributed by atoms with Gasteiger partial charge in [0.15, 0.2) is 0 Å². The molecular weight excluding hydrogens is 500 g/mol. The van der Waals surface area contributed by atoms with Crippen LogP contribution in [0.15, 0.2) is 95.9 Å². The molecule has 0 atom stereocenters. The van der Waals surface area contributed by atoms with Crippen molar-refractivity contribution in [3.8, 4) is 0 Å². The van der Waals surface area contributed by atoms with Crippen LogP contribution in [0.5, 0.6) is 0 Å². The van der Waals surface area contributed by atoms with Crippen molar-refractivity contribution in [1.29, 1.82) is 0 Å². The molecule has 0 saturated carbocycles. The highest BCUT2D eigenvalue weighted by atomic mass is 35.5. The molecule has 6 rings (SSSR count). The lowest BCUT2D eigenvalue weighted by atomic mass is 10.0. The van der Waals surface area contributed by atoms with Crippen molar-refractivity contribution < 1.29 is 9.59 Å². The fraction of sp³-hybridized carbons (Fsp3) is 0.0968. The summed E-state index contributed by atoms with van der Waals surface area (Å²) in [6.07, 6.45) is 1.87. The Morgan fingerprint density at radius 1 is 0.784 bits per heavy atom. The first-order valence-electron chi connectivity index (χ1n) is 12.0. The van der Waals surface area contributed by atoms with Crippen molar-refractivity contribution in [1.82, 2.24) is 9.47 Å². The van der Waals surface area contributed by atoms with E-state index in [1.165, 1.54) is 4.90 Å². The minimum atomic E-state index is -0.259. The van der Waals surface area contributed by atoms with E-state index in [1.807, 2.05) is 91.9 Å². The molecule has 4 nitrogen and oxygen atoms in total. The van der Waals surface area contributed by atoms with Crippen LogP contribution in [0.2, 0.25) is 5.02 Å². The number of hydrogen-bond acceptors (Lipinski definition) is 3. The van der Waals surface area contributed by atoms with Gasteiger partial charge in [-0.3, -0.25) is 14.5 Å². The molecule has 2 heterocycles. The van der Waals surface area contributed by atoms with Crippen molar-refractivity contribution in [3.05, 3.63) is 123 Å². The van der Waals surface area contributed by atoms with Gasteiger partial charge in [-0.05, 0) is 58.8 Å². The number of benzene rings is 4. The Morgan fingerprint density at radius 2 is 1.46 bits per heavy atom. The molecule has 1 aliphatic rings. The van der Waals surface area contributed by atoms with Gasteiger partial charge in [0.05, 0.1) is 11.4 Å². The van der Waals surface area contributed by atoms with Crippen LogP contribution in [0.25, 0.3) is 27.8 Å². The predicted molar refractivity (Wildman–Crippen MR) is 153 cm³/mol. The average Bonchev–Trinajstić information content (AvgIpc) is 3.33. The van der Waals surface area contributed by atoms with Gasteiger partial charge in [0.1, 0.15) is 0 Å². The number of thioether (sulfide) groups is 1. The minimum absolute atomic E-state index is 0.247. The number of para-hydroxylation sites is 1. The number of hydrogen-bond donors (Lipinski definition) is 0. The maximum atomic E-state index is 13.4. The Balaban J connectivity index is 1.37. The zero-order valence-electron chi connectivity index (χ0n) is 20.1. The molecule has 1 saturated heterocycles. The van der Waals surface area contributed by atoms with Gasteiger partial charge in [-0.15, -0.1) is 0 Å². The summed E-state index contributed by atoms with van der Waals surface area (Å²) >= 11 is 7.46. The van der Waals surface area contributed by atoms with Crippen LogP contribution >= 0.6 is 23.4 Å². The molecule has 0 spiro atoms. The fourth-order valence-corrected chi connectivity index (χ4v) is 6.02. The molecule has 37 heavy (non-hydrogen) atoms. The zero-order valence-corrected chi connectivity index (χ0v) is 21.7. The Morgan fingerprint density at radius 3 is 2.30 bits per heavy atom. The Kier molecular flexibility index (Phi) is 6.11. The number of aromatic nitrogens is 1. The van der Waals surface area contributed by atoms with Crippen LogP contribution in [0.3, 0.4) is 0 Å². The lowest BCUT2D eigenvalue weighted by molar-refractivity contribution is -0.123. The number of fused-ring (bicyclic) bond motifs is 2. The van der Waals surface area contributed by atoms with Gasteiger partial charge in [-0.1, -0.05) is 90.5 Å². The standard InChI is InChI=1S/C31H23ClN2O2S/c1-20-26(25-14-5-7-16-28(25)33(20)19-23-10-3-6-15-27(23)32)17-29-30(35)34(31(36)37-29)18-22-12-8-11-21-9-2-4-13-24(21)22/h2-17H,18-19H2,1H3/b29-17+. The molecular formula is C31H23ClN2O2S. The van der Waals surface area contributed by atoms with Gasteiger partial charge in [0.25, 0.3) is 11.1 Å². The van der Waals surface area contributed by atoms with Gasteiger partial charge in [0.2, 0.25) is 0 Å². The van der Waals surface area contributed by atoms with Gasteiger partial charge in [0, 0.05) is 33.7 Å². The lowest BCUT2D eigenvalue weighted by Crippen LogP contribution is -2.27. The summed E-state index contributed by atoms with van der Waals surface area (Å²) in [5, 5.41) is 3.64. The van der Waals surface area contributed by atoms with Crippen molar-refractivity contribution in [2.45, 2.75) is 20.0 Å². The highest BCUT2D eigenvalue weighted by molar-refractivity contribution is 8.18. The number of carbonyl (C=O) groups excluding carboxylic acids is 2. The third-order valence-electron chi connectivity index (χ3n) is 6.92. The fourth-order valence-electron chi connectivity index (χ4n) is 5.01. The number of amides is 2. The van der Waals surface area contributed by atoms with Crippen LogP contribution in [0.4, 0.5) is 4.79 Å². The maximum absolute atomic E-state index is 13.4. The van der Waals surface area contributed by atoms with Gasteiger partial charge < -0.3 is 4.57 Å². The first-order valence-corrected chi connectivity index (χ1v) is 13.2. The van der Waals surface area contributed by atoms with Gasteiger partial charge in [-0.2, -0.15) is 0 Å². The summed E-state index contributed by atoms with van der Waals surface area (Å²) in [5.41, 5.74) is 4.99. The molecule has 1 aliphatic heterocycles. The number of halogens is 1.